The topological polar surface area (TPSA) is 111 Å². The smallest absolute Gasteiger partial charge is 0.354 e. The summed E-state index contributed by atoms with van der Waals surface area (Å²) in [6.45, 7) is 0. The Labute approximate surface area is 126 Å². The molecule has 0 saturated carbocycles. The number of hydrogen-bond donors (Lipinski definition) is 2. The number of esters is 2. The Morgan fingerprint density at radius 1 is 1.14 bits per heavy atom. The van der Waals surface area contributed by atoms with Crippen LogP contribution in [0.2, 0.25) is 0 Å². The highest BCUT2D eigenvalue weighted by molar-refractivity contribution is 6.01. The Bertz CT molecular complexity index is 622. The molecular formula is C14H15NO7. The number of methoxy groups -OCH3 is 3. The third-order valence-corrected chi connectivity index (χ3v) is 2.60. The van der Waals surface area contributed by atoms with Crippen LogP contribution in [0.25, 0.3) is 0 Å². The van der Waals surface area contributed by atoms with Gasteiger partial charge in [0.2, 0.25) is 0 Å². The highest BCUT2D eigenvalue weighted by atomic mass is 16.5. The number of aromatic carboxylic acids is 1. The Morgan fingerprint density at radius 2 is 1.82 bits per heavy atom. The normalized spacial score (nSPS) is 10.6. The maximum atomic E-state index is 11.6. The van der Waals surface area contributed by atoms with Gasteiger partial charge in [0.15, 0.2) is 0 Å². The van der Waals surface area contributed by atoms with Gasteiger partial charge in [-0.2, -0.15) is 0 Å². The Kier molecular flexibility index (Phi) is 5.94. The van der Waals surface area contributed by atoms with Gasteiger partial charge in [0, 0.05) is 0 Å². The molecule has 0 amide bonds. The van der Waals surface area contributed by atoms with Crippen LogP contribution in [0, 0.1) is 0 Å². The number of carboxylic acids is 1. The minimum Gasteiger partial charge on any atom is -0.497 e. The standard InChI is InChI=1S/C14H15NO7/c1-20-8-4-5-10(9(6-8)13(17)18)15-11(14(19)22-3)7-12(16)21-2/h4-7,15H,1-3H3,(H,17,18)/b11-7+. The van der Waals surface area contributed by atoms with Crippen molar-refractivity contribution in [2.24, 2.45) is 0 Å². The minimum absolute atomic E-state index is 0.0915. The molecule has 0 saturated heterocycles. The highest BCUT2D eigenvalue weighted by Crippen LogP contribution is 2.23. The van der Waals surface area contributed by atoms with Crippen molar-refractivity contribution in [3.63, 3.8) is 0 Å². The zero-order valence-corrected chi connectivity index (χ0v) is 12.2. The number of rotatable bonds is 6. The molecule has 0 aliphatic rings. The molecule has 0 atom stereocenters. The number of carbonyl (C=O) groups excluding carboxylic acids is 2. The monoisotopic (exact) mass is 309 g/mol. The van der Waals surface area contributed by atoms with Crippen LogP contribution in [-0.4, -0.2) is 44.3 Å². The number of benzene rings is 1. The van der Waals surface area contributed by atoms with E-state index in [1.54, 1.807) is 0 Å². The van der Waals surface area contributed by atoms with Gasteiger partial charge >= 0.3 is 17.9 Å². The molecule has 118 valence electrons. The quantitative estimate of drug-likeness (QED) is 0.592. The average Bonchev–Trinajstić information content (AvgIpc) is 2.53. The number of nitrogens with one attached hydrogen (secondary N) is 1. The van der Waals surface area contributed by atoms with Crippen molar-refractivity contribution in [1.82, 2.24) is 0 Å². The minimum atomic E-state index is -1.23. The number of ether oxygens (including phenoxy) is 3. The van der Waals surface area contributed by atoms with Crippen LogP contribution in [-0.2, 0) is 19.1 Å². The van der Waals surface area contributed by atoms with Crippen LogP contribution in [0.15, 0.2) is 30.0 Å². The van der Waals surface area contributed by atoms with Gasteiger partial charge in [0.25, 0.3) is 0 Å². The van der Waals surface area contributed by atoms with E-state index in [-0.39, 0.29) is 16.9 Å². The SMILES string of the molecule is COC(=O)/C=C(/Nc1ccc(OC)cc1C(=O)O)C(=O)OC. The molecule has 2 N–H and O–H groups in total. The summed E-state index contributed by atoms with van der Waals surface area (Å²) in [7, 11) is 3.66. The molecule has 0 heterocycles. The van der Waals surface area contributed by atoms with Crippen molar-refractivity contribution in [3.8, 4) is 5.75 Å². The fraction of sp³-hybridized carbons (Fsp3) is 0.214. The van der Waals surface area contributed by atoms with E-state index in [1.165, 1.54) is 25.3 Å². The first-order chi connectivity index (χ1) is 10.4. The fourth-order valence-corrected chi connectivity index (χ4v) is 1.51. The third kappa shape index (κ3) is 4.23. The van der Waals surface area contributed by atoms with Gasteiger partial charge in [-0.15, -0.1) is 0 Å². The molecule has 1 aromatic carbocycles. The molecule has 1 aromatic rings. The van der Waals surface area contributed by atoms with E-state index >= 15 is 0 Å². The lowest BCUT2D eigenvalue weighted by molar-refractivity contribution is -0.138. The summed E-state index contributed by atoms with van der Waals surface area (Å²) in [6, 6.07) is 4.18. The zero-order valence-electron chi connectivity index (χ0n) is 12.2. The summed E-state index contributed by atoms with van der Waals surface area (Å²) < 4.78 is 13.9. The average molecular weight is 309 g/mol. The molecule has 0 aliphatic heterocycles. The van der Waals surface area contributed by atoms with E-state index in [2.05, 4.69) is 14.8 Å². The van der Waals surface area contributed by atoms with E-state index in [4.69, 9.17) is 4.74 Å². The molecule has 8 nitrogen and oxygen atoms in total. The largest absolute Gasteiger partial charge is 0.497 e. The van der Waals surface area contributed by atoms with Gasteiger partial charge in [-0.3, -0.25) is 0 Å². The van der Waals surface area contributed by atoms with Crippen LogP contribution < -0.4 is 10.1 Å². The fourth-order valence-electron chi connectivity index (χ4n) is 1.51. The number of hydrogen-bond acceptors (Lipinski definition) is 7. The predicted molar refractivity (Wildman–Crippen MR) is 75.7 cm³/mol. The molecule has 8 heteroatoms. The summed E-state index contributed by atoms with van der Waals surface area (Å²) in [6.07, 6.45) is 0.863. The summed E-state index contributed by atoms with van der Waals surface area (Å²) in [5.74, 6) is -2.54. The number of anilines is 1. The van der Waals surface area contributed by atoms with Crippen molar-refractivity contribution in [3.05, 3.63) is 35.5 Å². The lowest BCUT2D eigenvalue weighted by atomic mass is 10.1. The van der Waals surface area contributed by atoms with Gasteiger partial charge in [-0.05, 0) is 18.2 Å². The molecule has 0 fully saturated rings. The molecule has 0 unspecified atom stereocenters. The summed E-state index contributed by atoms with van der Waals surface area (Å²) in [5.41, 5.74) is -0.310. The lowest BCUT2D eigenvalue weighted by Gasteiger charge is -2.12. The van der Waals surface area contributed by atoms with E-state index < -0.39 is 17.9 Å². The first-order valence-electron chi connectivity index (χ1n) is 5.99. The van der Waals surface area contributed by atoms with Crippen molar-refractivity contribution in [1.29, 1.82) is 0 Å². The van der Waals surface area contributed by atoms with Crippen molar-refractivity contribution in [2.75, 3.05) is 26.6 Å². The van der Waals surface area contributed by atoms with Crippen molar-refractivity contribution in [2.45, 2.75) is 0 Å². The summed E-state index contributed by atoms with van der Waals surface area (Å²) in [4.78, 5) is 34.2. The van der Waals surface area contributed by atoms with Crippen molar-refractivity contribution < 1.29 is 33.7 Å². The summed E-state index contributed by atoms with van der Waals surface area (Å²) >= 11 is 0. The molecule has 0 aromatic heterocycles. The predicted octanol–water partition coefficient (Wildman–Crippen LogP) is 1.04. The zero-order chi connectivity index (χ0) is 16.7. The molecule has 22 heavy (non-hydrogen) atoms. The highest BCUT2D eigenvalue weighted by Gasteiger charge is 2.17. The van der Waals surface area contributed by atoms with Crippen LogP contribution in [0.5, 0.6) is 5.75 Å². The van der Waals surface area contributed by atoms with E-state index in [1.807, 2.05) is 0 Å². The van der Waals surface area contributed by atoms with Gasteiger partial charge in [-0.1, -0.05) is 0 Å². The molecule has 0 spiro atoms. The second kappa shape index (κ2) is 7.67. The Hall–Kier alpha value is -3.03. The van der Waals surface area contributed by atoms with Gasteiger partial charge in [0.05, 0.1) is 38.7 Å². The van der Waals surface area contributed by atoms with Gasteiger partial charge in [0.1, 0.15) is 11.4 Å². The number of carbonyl (C=O) groups is 3. The summed E-state index contributed by atoms with van der Waals surface area (Å²) in [5, 5.41) is 11.7. The maximum Gasteiger partial charge on any atom is 0.354 e. The van der Waals surface area contributed by atoms with Crippen LogP contribution in [0.3, 0.4) is 0 Å². The Balaban J connectivity index is 3.23. The molecule has 1 rings (SSSR count). The molecular weight excluding hydrogens is 294 g/mol. The van der Waals surface area contributed by atoms with E-state index in [0.717, 1.165) is 20.3 Å². The maximum absolute atomic E-state index is 11.6. The second-order valence-electron chi connectivity index (χ2n) is 3.91. The van der Waals surface area contributed by atoms with Gasteiger partial charge < -0.3 is 24.6 Å². The first kappa shape index (κ1) is 17.0. The van der Waals surface area contributed by atoms with Crippen LogP contribution >= 0.6 is 0 Å². The Morgan fingerprint density at radius 3 is 2.32 bits per heavy atom. The molecule has 0 bridgehead atoms. The van der Waals surface area contributed by atoms with Crippen LogP contribution in [0.1, 0.15) is 10.4 Å². The molecule has 0 radical (unpaired) electrons. The lowest BCUT2D eigenvalue weighted by Crippen LogP contribution is -2.17. The second-order valence-corrected chi connectivity index (χ2v) is 3.91. The number of carboxylic acid groups (broad SMARTS) is 1. The van der Waals surface area contributed by atoms with Gasteiger partial charge in [-0.25, -0.2) is 14.4 Å². The van der Waals surface area contributed by atoms with Crippen molar-refractivity contribution >= 4 is 23.6 Å². The molecule has 0 aliphatic carbocycles. The first-order valence-corrected chi connectivity index (χ1v) is 5.99. The van der Waals surface area contributed by atoms with E-state index in [0.29, 0.717) is 5.75 Å². The van der Waals surface area contributed by atoms with E-state index in [9.17, 15) is 19.5 Å². The third-order valence-electron chi connectivity index (χ3n) is 2.60. The van der Waals surface area contributed by atoms with Crippen LogP contribution in [0.4, 0.5) is 5.69 Å².